The van der Waals surface area contributed by atoms with E-state index in [0.717, 1.165) is 11.8 Å². The number of rotatable bonds is 7. The predicted molar refractivity (Wildman–Crippen MR) is 131 cm³/mol. The van der Waals surface area contributed by atoms with Gasteiger partial charge in [0.25, 0.3) is 11.8 Å². The summed E-state index contributed by atoms with van der Waals surface area (Å²) in [5, 5.41) is 5.66. The molecule has 0 spiro atoms. The Morgan fingerprint density at radius 2 is 1.71 bits per heavy atom. The van der Waals surface area contributed by atoms with Crippen LogP contribution in [0.5, 0.6) is 11.5 Å². The Kier molecular flexibility index (Phi) is 7.41. The van der Waals surface area contributed by atoms with Crippen molar-refractivity contribution in [2.75, 3.05) is 19.0 Å². The highest BCUT2D eigenvalue weighted by atomic mass is 32.2. The predicted octanol–water partition coefficient (Wildman–Crippen LogP) is 4.88. The molecule has 0 unspecified atom stereocenters. The second kappa shape index (κ2) is 10.8. The number of thioether (sulfide) groups is 1. The summed E-state index contributed by atoms with van der Waals surface area (Å²) in [5.74, 6) is -0.788. The number of anilines is 1. The van der Waals surface area contributed by atoms with Crippen molar-refractivity contribution in [2.45, 2.75) is 0 Å². The number of hydrogen-bond acceptors (Lipinski definition) is 6. The van der Waals surface area contributed by atoms with Crippen LogP contribution in [0, 0.1) is 11.6 Å². The Bertz CT molecular complexity index is 1310. The van der Waals surface area contributed by atoms with Crippen LogP contribution in [0.15, 0.2) is 76.6 Å². The van der Waals surface area contributed by atoms with Gasteiger partial charge >= 0.3 is 0 Å². The zero-order valence-corrected chi connectivity index (χ0v) is 19.2. The Morgan fingerprint density at radius 3 is 2.40 bits per heavy atom. The molecule has 1 saturated heterocycles. The van der Waals surface area contributed by atoms with Crippen molar-refractivity contribution in [2.24, 2.45) is 4.99 Å². The Balaban J connectivity index is 1.41. The Hall–Kier alpha value is -4.18. The van der Waals surface area contributed by atoms with Crippen molar-refractivity contribution in [1.29, 1.82) is 0 Å². The molecule has 7 nitrogen and oxygen atoms in total. The van der Waals surface area contributed by atoms with E-state index < -0.39 is 11.7 Å². The lowest BCUT2D eigenvalue weighted by molar-refractivity contribution is -0.118. The Labute approximate surface area is 203 Å². The number of amidine groups is 1. The van der Waals surface area contributed by atoms with Crippen molar-refractivity contribution in [3.63, 3.8) is 0 Å². The first-order chi connectivity index (χ1) is 16.9. The van der Waals surface area contributed by atoms with Gasteiger partial charge in [-0.2, -0.15) is 0 Å². The van der Waals surface area contributed by atoms with E-state index in [2.05, 4.69) is 15.6 Å². The molecule has 0 aliphatic carbocycles. The van der Waals surface area contributed by atoms with Gasteiger partial charge in [-0.15, -0.1) is 0 Å². The molecule has 2 N–H and O–H groups in total. The summed E-state index contributed by atoms with van der Waals surface area (Å²) < 4.78 is 37.0. The van der Waals surface area contributed by atoms with Crippen molar-refractivity contribution in [1.82, 2.24) is 5.32 Å². The smallest absolute Gasteiger partial charge is 0.264 e. The van der Waals surface area contributed by atoms with Crippen LogP contribution in [0.4, 0.5) is 20.2 Å². The minimum absolute atomic E-state index is 0.282. The SMILES string of the molecule is COc1cc(/C=C2/SC(=Nc3ccc(F)cc3)NC2=O)ccc1OCC(=O)Nc1ccc(F)cc1. The van der Waals surface area contributed by atoms with Crippen LogP contribution >= 0.6 is 11.8 Å². The number of carbonyl (C=O) groups is 2. The molecule has 35 heavy (non-hydrogen) atoms. The molecule has 3 aromatic rings. The number of carbonyl (C=O) groups excluding carboxylic acids is 2. The third-order valence-electron chi connectivity index (χ3n) is 4.68. The van der Waals surface area contributed by atoms with E-state index in [-0.39, 0.29) is 18.3 Å². The highest BCUT2D eigenvalue weighted by Crippen LogP contribution is 2.32. The van der Waals surface area contributed by atoms with Gasteiger partial charge in [0.05, 0.1) is 17.7 Å². The summed E-state index contributed by atoms with van der Waals surface area (Å²) in [4.78, 5) is 29.2. The molecule has 1 aliphatic heterocycles. The molecule has 1 fully saturated rings. The van der Waals surface area contributed by atoms with Gasteiger partial charge in [0.1, 0.15) is 11.6 Å². The molecule has 0 atom stereocenters. The normalized spacial score (nSPS) is 15.2. The van der Waals surface area contributed by atoms with Gasteiger partial charge in [-0.05, 0) is 84.1 Å². The fourth-order valence-corrected chi connectivity index (χ4v) is 3.87. The standard InChI is InChI=1S/C25H19F2N3O4S/c1-33-21-12-15(2-11-20(21)34-14-23(31)28-18-7-3-16(26)4-8-18)13-22-24(32)30-25(35-22)29-19-9-5-17(27)6-10-19/h2-13H,14H2,1H3,(H,28,31)(H,29,30,32)/b22-13+. The molecule has 178 valence electrons. The molecule has 4 rings (SSSR count). The third kappa shape index (κ3) is 6.45. The first kappa shape index (κ1) is 24.0. The summed E-state index contributed by atoms with van der Waals surface area (Å²) in [6.07, 6.45) is 1.67. The van der Waals surface area contributed by atoms with Gasteiger partial charge < -0.3 is 20.1 Å². The monoisotopic (exact) mass is 495 g/mol. The van der Waals surface area contributed by atoms with E-state index in [9.17, 15) is 18.4 Å². The van der Waals surface area contributed by atoms with Crippen molar-refractivity contribution in [3.8, 4) is 11.5 Å². The number of ether oxygens (including phenoxy) is 2. The fourth-order valence-electron chi connectivity index (χ4n) is 3.03. The molecule has 1 aliphatic rings. The van der Waals surface area contributed by atoms with E-state index >= 15 is 0 Å². The molecule has 2 amide bonds. The van der Waals surface area contributed by atoms with Crippen LogP contribution in [-0.4, -0.2) is 30.7 Å². The number of amides is 2. The number of halogens is 2. The Morgan fingerprint density at radius 1 is 1.03 bits per heavy atom. The lowest BCUT2D eigenvalue weighted by Crippen LogP contribution is -2.20. The van der Waals surface area contributed by atoms with Gasteiger partial charge in [0.15, 0.2) is 23.3 Å². The number of benzene rings is 3. The maximum absolute atomic E-state index is 13.1. The quantitative estimate of drug-likeness (QED) is 0.456. The minimum atomic E-state index is -0.420. The van der Waals surface area contributed by atoms with Crippen molar-refractivity contribution in [3.05, 3.63) is 88.8 Å². The maximum atomic E-state index is 13.1. The lowest BCUT2D eigenvalue weighted by atomic mass is 10.2. The van der Waals surface area contributed by atoms with E-state index in [1.54, 1.807) is 24.3 Å². The van der Waals surface area contributed by atoms with E-state index in [1.165, 1.54) is 55.6 Å². The minimum Gasteiger partial charge on any atom is -0.493 e. The largest absolute Gasteiger partial charge is 0.493 e. The summed E-state index contributed by atoms with van der Waals surface area (Å²) in [6.45, 7) is -0.282. The van der Waals surface area contributed by atoms with Crippen LogP contribution in [0.2, 0.25) is 0 Å². The molecule has 0 bridgehead atoms. The summed E-state index contributed by atoms with van der Waals surface area (Å²) >= 11 is 1.15. The van der Waals surface area contributed by atoms with Crippen molar-refractivity contribution < 1.29 is 27.8 Å². The number of hydrogen-bond donors (Lipinski definition) is 2. The maximum Gasteiger partial charge on any atom is 0.264 e. The average molecular weight is 496 g/mol. The highest BCUT2D eigenvalue weighted by molar-refractivity contribution is 8.18. The fraction of sp³-hybridized carbons (Fsp3) is 0.0800. The molecule has 0 aromatic heterocycles. The average Bonchev–Trinajstić information content (AvgIpc) is 3.19. The zero-order chi connectivity index (χ0) is 24.8. The number of nitrogens with one attached hydrogen (secondary N) is 2. The van der Waals surface area contributed by atoms with E-state index in [0.29, 0.717) is 38.5 Å². The molecular weight excluding hydrogens is 476 g/mol. The van der Waals surface area contributed by atoms with Crippen LogP contribution in [0.3, 0.4) is 0 Å². The second-order valence-electron chi connectivity index (χ2n) is 7.21. The van der Waals surface area contributed by atoms with Crippen LogP contribution < -0.4 is 20.1 Å². The third-order valence-corrected chi connectivity index (χ3v) is 5.59. The van der Waals surface area contributed by atoms with Gasteiger partial charge in [-0.3, -0.25) is 9.59 Å². The first-order valence-electron chi connectivity index (χ1n) is 10.3. The molecule has 0 saturated carbocycles. The van der Waals surface area contributed by atoms with E-state index in [1.807, 2.05) is 0 Å². The van der Waals surface area contributed by atoms with Gasteiger partial charge in [0.2, 0.25) is 0 Å². The van der Waals surface area contributed by atoms with Gasteiger partial charge in [0, 0.05) is 5.69 Å². The molecule has 1 heterocycles. The topological polar surface area (TPSA) is 89.0 Å². The number of nitrogens with zero attached hydrogens (tertiary/aromatic N) is 1. The van der Waals surface area contributed by atoms with Crippen LogP contribution in [-0.2, 0) is 9.59 Å². The van der Waals surface area contributed by atoms with Crippen molar-refractivity contribution >= 4 is 46.2 Å². The summed E-state index contributed by atoms with van der Waals surface area (Å²) in [5.41, 5.74) is 1.64. The molecule has 0 radical (unpaired) electrons. The highest BCUT2D eigenvalue weighted by Gasteiger charge is 2.24. The zero-order valence-electron chi connectivity index (χ0n) is 18.4. The van der Waals surface area contributed by atoms with E-state index in [4.69, 9.17) is 9.47 Å². The van der Waals surface area contributed by atoms with Gasteiger partial charge in [-0.1, -0.05) is 6.07 Å². The van der Waals surface area contributed by atoms with Gasteiger partial charge in [-0.25, -0.2) is 13.8 Å². The first-order valence-corrected chi connectivity index (χ1v) is 11.1. The van der Waals surface area contributed by atoms with Crippen LogP contribution in [0.25, 0.3) is 6.08 Å². The lowest BCUT2D eigenvalue weighted by Gasteiger charge is -2.11. The van der Waals surface area contributed by atoms with Crippen LogP contribution in [0.1, 0.15) is 5.56 Å². The number of methoxy groups -OCH3 is 1. The molecule has 3 aromatic carbocycles. The summed E-state index contributed by atoms with van der Waals surface area (Å²) in [7, 11) is 1.46. The summed E-state index contributed by atoms with van der Waals surface area (Å²) in [6, 6.07) is 16.0. The molecule has 10 heteroatoms. The second-order valence-corrected chi connectivity index (χ2v) is 8.24. The number of aliphatic imine (C=N–C) groups is 1. The molecular formula is C25H19F2N3O4S.